The van der Waals surface area contributed by atoms with Crippen molar-refractivity contribution in [3.8, 4) is 0 Å². The van der Waals surface area contributed by atoms with Crippen LogP contribution in [0.3, 0.4) is 0 Å². The molecule has 0 fully saturated rings. The molecule has 64 heavy (non-hydrogen) atoms. The molecule has 6 heteroatoms. The first-order chi connectivity index (χ1) is 31.5. The molecule has 0 spiro atoms. The van der Waals surface area contributed by atoms with Crippen molar-refractivity contribution in [1.82, 2.24) is 0 Å². The minimum absolute atomic E-state index is 0.100. The maximum atomic E-state index is 12.8. The fourth-order valence-corrected chi connectivity index (χ4v) is 7.10. The highest BCUT2D eigenvalue weighted by Crippen LogP contribution is 2.13. The molecular formula is C58H98O6. The lowest BCUT2D eigenvalue weighted by Gasteiger charge is -2.18. The molecule has 0 bridgehead atoms. The molecule has 0 aliphatic rings. The molecule has 0 aromatic heterocycles. The lowest BCUT2D eigenvalue weighted by molar-refractivity contribution is -0.167. The summed E-state index contributed by atoms with van der Waals surface area (Å²) in [7, 11) is 0. The van der Waals surface area contributed by atoms with Gasteiger partial charge in [-0.05, 0) is 116 Å². The van der Waals surface area contributed by atoms with Crippen molar-refractivity contribution in [3.63, 3.8) is 0 Å². The predicted molar refractivity (Wildman–Crippen MR) is 274 cm³/mol. The third-order valence-electron chi connectivity index (χ3n) is 11.1. The van der Waals surface area contributed by atoms with Gasteiger partial charge < -0.3 is 14.2 Å². The average molecular weight is 891 g/mol. The number of esters is 3. The highest BCUT2D eigenvalue weighted by molar-refractivity contribution is 5.71. The first kappa shape index (κ1) is 60.6. The monoisotopic (exact) mass is 891 g/mol. The van der Waals surface area contributed by atoms with Gasteiger partial charge in [-0.25, -0.2) is 0 Å². The summed E-state index contributed by atoms with van der Waals surface area (Å²) in [4.78, 5) is 38.0. The smallest absolute Gasteiger partial charge is 0.306 e. The topological polar surface area (TPSA) is 78.9 Å². The van der Waals surface area contributed by atoms with Gasteiger partial charge in [-0.2, -0.15) is 0 Å². The molecule has 0 aliphatic heterocycles. The van der Waals surface area contributed by atoms with Gasteiger partial charge in [0.2, 0.25) is 0 Å². The molecule has 0 rings (SSSR count). The molecule has 6 nitrogen and oxygen atoms in total. The van der Waals surface area contributed by atoms with Gasteiger partial charge in [0.05, 0.1) is 0 Å². The van der Waals surface area contributed by atoms with E-state index in [-0.39, 0.29) is 37.5 Å². The number of carbonyl (C=O) groups is 3. The lowest BCUT2D eigenvalue weighted by Crippen LogP contribution is -2.30. The molecule has 0 heterocycles. The van der Waals surface area contributed by atoms with Crippen molar-refractivity contribution in [2.75, 3.05) is 13.2 Å². The summed E-state index contributed by atoms with van der Waals surface area (Å²) in [5.74, 6) is -0.958. The van der Waals surface area contributed by atoms with Gasteiger partial charge in [0, 0.05) is 19.3 Å². The molecule has 0 unspecified atom stereocenters. The van der Waals surface area contributed by atoms with Crippen LogP contribution in [0.4, 0.5) is 0 Å². The van der Waals surface area contributed by atoms with Crippen molar-refractivity contribution >= 4 is 17.9 Å². The molecular weight excluding hydrogens is 793 g/mol. The average Bonchev–Trinajstić information content (AvgIpc) is 3.29. The first-order valence-electron chi connectivity index (χ1n) is 26.6. The standard InChI is InChI=1S/C58H98O6/c1-4-7-10-13-16-19-22-25-28-29-31-33-36-39-42-45-48-51-57(60)63-54-55(53-62-56(59)50-47-44-41-38-35-32-27-24-21-18-15-12-9-6-3)64-58(61)52-49-46-43-40-37-34-30-26-23-20-17-14-11-8-5-2/h8,11,16-17,19-20,24-28,30,37,40,55H,4-7,9-10,12-15,18,21-23,29,31-36,38-39,41-54H2,1-3H3/b11-8-,19-16-,20-17-,27-24-,28-25-,30-26-,40-37-/t55-/m1/s1. The number of rotatable bonds is 47. The molecule has 0 aromatic rings. The van der Waals surface area contributed by atoms with E-state index in [1.165, 1.54) is 103 Å². The van der Waals surface area contributed by atoms with Crippen LogP contribution >= 0.6 is 0 Å². The lowest BCUT2D eigenvalue weighted by atomic mass is 10.1. The third-order valence-corrected chi connectivity index (χ3v) is 11.1. The largest absolute Gasteiger partial charge is 0.462 e. The molecule has 0 N–H and O–H groups in total. The molecule has 0 aliphatic carbocycles. The van der Waals surface area contributed by atoms with Crippen LogP contribution in [0.1, 0.15) is 245 Å². The van der Waals surface area contributed by atoms with Crippen molar-refractivity contribution < 1.29 is 28.6 Å². The van der Waals surface area contributed by atoms with E-state index in [9.17, 15) is 14.4 Å². The van der Waals surface area contributed by atoms with E-state index in [4.69, 9.17) is 14.2 Å². The van der Waals surface area contributed by atoms with Crippen LogP contribution in [-0.2, 0) is 28.6 Å². The number of allylic oxidation sites excluding steroid dienone is 14. The van der Waals surface area contributed by atoms with Crippen LogP contribution in [0.2, 0.25) is 0 Å². The number of hydrogen-bond donors (Lipinski definition) is 0. The zero-order chi connectivity index (χ0) is 46.5. The van der Waals surface area contributed by atoms with Gasteiger partial charge in [-0.3, -0.25) is 14.4 Å². The number of hydrogen-bond acceptors (Lipinski definition) is 6. The molecule has 0 radical (unpaired) electrons. The predicted octanol–water partition coefficient (Wildman–Crippen LogP) is 17.6. The summed E-state index contributed by atoms with van der Waals surface area (Å²) >= 11 is 0. The van der Waals surface area contributed by atoms with E-state index < -0.39 is 6.10 Å². The van der Waals surface area contributed by atoms with E-state index in [1.807, 2.05) is 0 Å². The maximum absolute atomic E-state index is 12.8. The normalized spacial score (nSPS) is 12.7. The second kappa shape index (κ2) is 52.2. The van der Waals surface area contributed by atoms with E-state index in [2.05, 4.69) is 106 Å². The fraction of sp³-hybridized carbons (Fsp3) is 0.707. The summed E-state index contributed by atoms with van der Waals surface area (Å²) in [6.45, 7) is 6.44. The fourth-order valence-electron chi connectivity index (χ4n) is 7.10. The van der Waals surface area contributed by atoms with Gasteiger partial charge in [0.1, 0.15) is 13.2 Å². The van der Waals surface area contributed by atoms with Crippen molar-refractivity contribution in [3.05, 3.63) is 85.1 Å². The second-order valence-electron chi connectivity index (χ2n) is 17.4. The van der Waals surface area contributed by atoms with Crippen LogP contribution in [0.15, 0.2) is 85.1 Å². The highest BCUT2D eigenvalue weighted by atomic mass is 16.6. The summed E-state index contributed by atoms with van der Waals surface area (Å²) in [5.41, 5.74) is 0. The molecule has 366 valence electrons. The summed E-state index contributed by atoms with van der Waals surface area (Å²) < 4.78 is 16.8. The van der Waals surface area contributed by atoms with Crippen LogP contribution in [0.5, 0.6) is 0 Å². The Kier molecular flexibility index (Phi) is 49.4. The molecule has 0 amide bonds. The summed E-state index contributed by atoms with van der Waals surface area (Å²) in [6, 6.07) is 0. The van der Waals surface area contributed by atoms with Gasteiger partial charge in [0.15, 0.2) is 6.10 Å². The zero-order valence-electron chi connectivity index (χ0n) is 41.8. The maximum Gasteiger partial charge on any atom is 0.306 e. The van der Waals surface area contributed by atoms with Gasteiger partial charge in [-0.15, -0.1) is 0 Å². The quantitative estimate of drug-likeness (QED) is 0.0262. The Labute approximate surface area is 395 Å². The minimum atomic E-state index is -0.805. The van der Waals surface area contributed by atoms with Crippen molar-refractivity contribution in [2.45, 2.75) is 252 Å². The van der Waals surface area contributed by atoms with Crippen LogP contribution in [0, 0.1) is 0 Å². The van der Waals surface area contributed by atoms with E-state index in [0.717, 1.165) is 96.3 Å². The Morgan fingerprint density at radius 1 is 0.328 bits per heavy atom. The number of ether oxygens (including phenoxy) is 3. The van der Waals surface area contributed by atoms with E-state index in [0.29, 0.717) is 19.3 Å². The van der Waals surface area contributed by atoms with Crippen molar-refractivity contribution in [1.29, 1.82) is 0 Å². The summed E-state index contributed by atoms with van der Waals surface area (Å²) in [5, 5.41) is 0. The molecule has 0 saturated carbocycles. The SMILES string of the molecule is CC/C=C\C/C=C\C/C=C\C/C=C\CCCCC(=O)O[C@H](COC(=O)CCCCCCC/C=C\CCCCCCC)COC(=O)CCCCCCCCC/C=C\C/C=C\CCCCC. The number of unbranched alkanes of at least 4 members (excludes halogenated alkanes) is 22. The van der Waals surface area contributed by atoms with Gasteiger partial charge in [-0.1, -0.05) is 196 Å². The Hall–Kier alpha value is -3.41. The van der Waals surface area contributed by atoms with E-state index >= 15 is 0 Å². The van der Waals surface area contributed by atoms with Gasteiger partial charge in [0.25, 0.3) is 0 Å². The Bertz CT molecular complexity index is 1250. The van der Waals surface area contributed by atoms with Crippen LogP contribution in [-0.4, -0.2) is 37.2 Å². The van der Waals surface area contributed by atoms with E-state index in [1.54, 1.807) is 0 Å². The molecule has 0 aromatic carbocycles. The van der Waals surface area contributed by atoms with Crippen LogP contribution < -0.4 is 0 Å². The number of carbonyl (C=O) groups excluding carboxylic acids is 3. The Balaban J connectivity index is 4.47. The minimum Gasteiger partial charge on any atom is -0.462 e. The Morgan fingerprint density at radius 3 is 1.03 bits per heavy atom. The molecule has 1 atom stereocenters. The van der Waals surface area contributed by atoms with Crippen molar-refractivity contribution in [2.24, 2.45) is 0 Å². The Morgan fingerprint density at radius 2 is 0.609 bits per heavy atom. The zero-order valence-corrected chi connectivity index (χ0v) is 41.8. The highest BCUT2D eigenvalue weighted by Gasteiger charge is 2.19. The van der Waals surface area contributed by atoms with Gasteiger partial charge >= 0.3 is 17.9 Å². The third kappa shape index (κ3) is 49.6. The molecule has 0 saturated heterocycles. The summed E-state index contributed by atoms with van der Waals surface area (Å²) in [6.07, 6.45) is 67.1. The first-order valence-corrected chi connectivity index (χ1v) is 26.6. The second-order valence-corrected chi connectivity index (χ2v) is 17.4. The van der Waals surface area contributed by atoms with Crippen LogP contribution in [0.25, 0.3) is 0 Å².